The van der Waals surface area contributed by atoms with Crippen molar-refractivity contribution in [3.63, 3.8) is 0 Å². The summed E-state index contributed by atoms with van der Waals surface area (Å²) in [7, 11) is 1.89. The van der Waals surface area contributed by atoms with Crippen molar-refractivity contribution in [2.24, 2.45) is 7.05 Å². The molecule has 0 saturated carbocycles. The Bertz CT molecular complexity index is 619. The highest BCUT2D eigenvalue weighted by atomic mass is 16.6. The summed E-state index contributed by atoms with van der Waals surface area (Å²) < 4.78 is 1.87. The van der Waals surface area contributed by atoms with Gasteiger partial charge in [0.15, 0.2) is 0 Å². The molecular weight excluding hydrogens is 244 g/mol. The van der Waals surface area contributed by atoms with Crippen molar-refractivity contribution in [3.05, 3.63) is 51.6 Å². The highest BCUT2D eigenvalue weighted by Gasteiger charge is 2.15. The topological polar surface area (TPSA) is 73.0 Å². The van der Waals surface area contributed by atoms with Gasteiger partial charge in [0, 0.05) is 19.3 Å². The molecule has 0 aliphatic rings. The Kier molecular flexibility index (Phi) is 3.50. The minimum absolute atomic E-state index is 0.102. The van der Waals surface area contributed by atoms with Gasteiger partial charge < -0.3 is 9.88 Å². The molecule has 0 bridgehead atoms. The summed E-state index contributed by atoms with van der Waals surface area (Å²) in [5.74, 6) is 0. The zero-order valence-electron chi connectivity index (χ0n) is 11.2. The van der Waals surface area contributed by atoms with Crippen molar-refractivity contribution in [2.75, 3.05) is 5.32 Å². The molecule has 0 unspecified atom stereocenters. The molecule has 0 fully saturated rings. The number of nitrogens with one attached hydrogen (secondary N) is 1. The van der Waals surface area contributed by atoms with E-state index in [1.807, 2.05) is 31.5 Å². The molecule has 2 aromatic rings. The van der Waals surface area contributed by atoms with Gasteiger partial charge in [-0.05, 0) is 31.0 Å². The minimum Gasteiger partial charge on any atom is -0.374 e. The lowest BCUT2D eigenvalue weighted by molar-refractivity contribution is -0.384. The molecule has 6 heteroatoms. The van der Waals surface area contributed by atoms with E-state index in [2.05, 4.69) is 10.3 Å². The third kappa shape index (κ3) is 2.73. The Morgan fingerprint density at radius 2 is 2.05 bits per heavy atom. The van der Waals surface area contributed by atoms with Crippen LogP contribution in [0.1, 0.15) is 16.8 Å². The number of anilines is 1. The lowest BCUT2D eigenvalue weighted by Crippen LogP contribution is -2.06. The average Bonchev–Trinajstić information content (AvgIpc) is 2.75. The molecular formula is C13H16N4O2. The van der Waals surface area contributed by atoms with E-state index in [0.29, 0.717) is 12.2 Å². The third-order valence-electron chi connectivity index (χ3n) is 3.19. The van der Waals surface area contributed by atoms with Gasteiger partial charge in [0.1, 0.15) is 5.69 Å². The fraction of sp³-hybridized carbons (Fsp3) is 0.308. The number of benzene rings is 1. The van der Waals surface area contributed by atoms with Crippen molar-refractivity contribution in [3.8, 4) is 0 Å². The number of aryl methyl sites for hydroxylation is 3. The van der Waals surface area contributed by atoms with Crippen LogP contribution < -0.4 is 5.32 Å². The molecule has 0 atom stereocenters. The number of nitro groups is 1. The number of nitro benzene ring substituents is 1. The molecule has 1 heterocycles. The normalized spacial score (nSPS) is 10.5. The van der Waals surface area contributed by atoms with E-state index >= 15 is 0 Å². The van der Waals surface area contributed by atoms with Crippen LogP contribution in [-0.4, -0.2) is 14.5 Å². The van der Waals surface area contributed by atoms with Crippen LogP contribution in [0.25, 0.3) is 0 Å². The van der Waals surface area contributed by atoms with Gasteiger partial charge in [0.25, 0.3) is 5.69 Å². The highest BCUT2D eigenvalue weighted by Crippen LogP contribution is 2.28. The zero-order chi connectivity index (χ0) is 14.0. The molecule has 1 aromatic carbocycles. The van der Waals surface area contributed by atoms with Crippen LogP contribution in [0.5, 0.6) is 0 Å². The first-order valence-electron chi connectivity index (χ1n) is 5.93. The molecule has 0 aliphatic heterocycles. The van der Waals surface area contributed by atoms with Gasteiger partial charge in [-0.15, -0.1) is 0 Å². The van der Waals surface area contributed by atoms with E-state index in [-0.39, 0.29) is 10.6 Å². The van der Waals surface area contributed by atoms with Gasteiger partial charge in [-0.2, -0.15) is 0 Å². The molecule has 0 aliphatic carbocycles. The molecule has 1 aromatic heterocycles. The fourth-order valence-electron chi connectivity index (χ4n) is 1.83. The molecule has 0 spiro atoms. The first-order valence-corrected chi connectivity index (χ1v) is 5.93. The first-order chi connectivity index (χ1) is 8.99. The summed E-state index contributed by atoms with van der Waals surface area (Å²) in [4.78, 5) is 14.7. The van der Waals surface area contributed by atoms with Crippen LogP contribution >= 0.6 is 0 Å². The van der Waals surface area contributed by atoms with E-state index < -0.39 is 0 Å². The van der Waals surface area contributed by atoms with E-state index in [1.54, 1.807) is 18.6 Å². The Morgan fingerprint density at radius 1 is 1.37 bits per heavy atom. The number of rotatable bonds is 4. The van der Waals surface area contributed by atoms with E-state index in [1.165, 1.54) is 0 Å². The molecule has 19 heavy (non-hydrogen) atoms. The smallest absolute Gasteiger partial charge is 0.292 e. The Morgan fingerprint density at radius 3 is 2.63 bits per heavy atom. The number of imidazole rings is 1. The van der Waals surface area contributed by atoms with Crippen molar-refractivity contribution in [1.29, 1.82) is 0 Å². The van der Waals surface area contributed by atoms with Crippen LogP contribution in [0.3, 0.4) is 0 Å². The second-order valence-electron chi connectivity index (χ2n) is 4.56. The van der Waals surface area contributed by atoms with Gasteiger partial charge >= 0.3 is 0 Å². The largest absolute Gasteiger partial charge is 0.374 e. The predicted molar refractivity (Wildman–Crippen MR) is 73.1 cm³/mol. The van der Waals surface area contributed by atoms with Crippen LogP contribution in [0, 0.1) is 24.0 Å². The van der Waals surface area contributed by atoms with Gasteiger partial charge in [-0.3, -0.25) is 10.1 Å². The van der Waals surface area contributed by atoms with Crippen LogP contribution in [0.15, 0.2) is 24.7 Å². The van der Waals surface area contributed by atoms with E-state index in [9.17, 15) is 10.1 Å². The number of hydrogen-bond donors (Lipinski definition) is 1. The van der Waals surface area contributed by atoms with Crippen LogP contribution in [0.4, 0.5) is 11.4 Å². The molecule has 6 nitrogen and oxygen atoms in total. The summed E-state index contributed by atoms with van der Waals surface area (Å²) in [5.41, 5.74) is 3.54. The monoisotopic (exact) mass is 260 g/mol. The van der Waals surface area contributed by atoms with Crippen LogP contribution in [0.2, 0.25) is 0 Å². The number of nitrogens with zero attached hydrogens (tertiary/aromatic N) is 3. The van der Waals surface area contributed by atoms with Crippen LogP contribution in [-0.2, 0) is 13.6 Å². The number of hydrogen-bond acceptors (Lipinski definition) is 4. The van der Waals surface area contributed by atoms with Crippen molar-refractivity contribution in [1.82, 2.24) is 9.55 Å². The van der Waals surface area contributed by atoms with Gasteiger partial charge in [0.05, 0.1) is 23.5 Å². The first kappa shape index (κ1) is 13.1. The second kappa shape index (κ2) is 5.09. The summed E-state index contributed by atoms with van der Waals surface area (Å²) >= 11 is 0. The van der Waals surface area contributed by atoms with E-state index in [4.69, 9.17) is 0 Å². The maximum absolute atomic E-state index is 11.1. The summed E-state index contributed by atoms with van der Waals surface area (Å²) in [6.07, 6.45) is 3.44. The Hall–Kier alpha value is -2.37. The standard InChI is InChI=1S/C13H16N4O2/c1-9-4-12(13(17(18)19)5-10(9)2)15-7-11-6-14-8-16(11)3/h4-6,8,15H,7H2,1-3H3. The average molecular weight is 260 g/mol. The lowest BCUT2D eigenvalue weighted by atomic mass is 10.1. The van der Waals surface area contributed by atoms with Gasteiger partial charge in [-0.25, -0.2) is 4.98 Å². The summed E-state index contributed by atoms with van der Waals surface area (Å²) in [6.45, 7) is 4.31. The maximum Gasteiger partial charge on any atom is 0.292 e. The van der Waals surface area contributed by atoms with Gasteiger partial charge in [-0.1, -0.05) is 0 Å². The SMILES string of the molecule is Cc1cc(NCc2cncn2C)c([N+](=O)[O-])cc1C. The second-order valence-corrected chi connectivity index (χ2v) is 4.56. The molecule has 0 radical (unpaired) electrons. The Balaban J connectivity index is 2.26. The predicted octanol–water partition coefficient (Wildman–Crippen LogP) is 2.56. The fourth-order valence-corrected chi connectivity index (χ4v) is 1.83. The van der Waals surface area contributed by atoms with Crippen molar-refractivity contribution >= 4 is 11.4 Å². The van der Waals surface area contributed by atoms with Crippen molar-refractivity contribution < 1.29 is 4.92 Å². The molecule has 0 saturated heterocycles. The molecule has 0 amide bonds. The third-order valence-corrected chi connectivity index (χ3v) is 3.19. The number of aromatic nitrogens is 2. The quantitative estimate of drug-likeness (QED) is 0.677. The summed E-state index contributed by atoms with van der Waals surface area (Å²) in [6, 6.07) is 3.41. The summed E-state index contributed by atoms with van der Waals surface area (Å²) in [5, 5.41) is 14.2. The molecule has 1 N–H and O–H groups in total. The van der Waals surface area contributed by atoms with Gasteiger partial charge in [0.2, 0.25) is 0 Å². The lowest BCUT2D eigenvalue weighted by Gasteiger charge is -2.10. The Labute approximate surface area is 111 Å². The highest BCUT2D eigenvalue weighted by molar-refractivity contribution is 5.64. The molecule has 100 valence electrons. The minimum atomic E-state index is -0.363. The maximum atomic E-state index is 11.1. The van der Waals surface area contributed by atoms with E-state index in [0.717, 1.165) is 16.8 Å². The zero-order valence-corrected chi connectivity index (χ0v) is 11.2. The van der Waals surface area contributed by atoms with Crippen molar-refractivity contribution in [2.45, 2.75) is 20.4 Å². The molecule has 2 rings (SSSR count).